The number of amides is 1. The largest absolute Gasteiger partial charge is 0.379 e. The van der Waals surface area contributed by atoms with Gasteiger partial charge in [-0.1, -0.05) is 48.0 Å². The molecule has 1 saturated carbocycles. The zero-order valence-electron chi connectivity index (χ0n) is 18.6. The van der Waals surface area contributed by atoms with E-state index in [0.29, 0.717) is 23.1 Å². The first-order valence-electron chi connectivity index (χ1n) is 11.6. The van der Waals surface area contributed by atoms with E-state index in [1.807, 2.05) is 48.5 Å². The third-order valence-electron chi connectivity index (χ3n) is 6.75. The summed E-state index contributed by atoms with van der Waals surface area (Å²) < 4.78 is 6.15. The van der Waals surface area contributed by atoms with Crippen molar-refractivity contribution in [3.63, 3.8) is 0 Å². The Balaban J connectivity index is 0.00000259. The molecule has 2 aliphatic rings. The van der Waals surface area contributed by atoms with Crippen LogP contribution in [0.3, 0.4) is 0 Å². The molecule has 2 N–H and O–H groups in total. The standard InChI is InChI=1S/C26H30ClN3O2.ClH/c27-23-15-28-24-14-20(6-9-22(23)24)26(31)29-25(19-4-2-1-3-5-19)17-32-16-18-10-12-30(13-11-18)21-7-8-21;/h1-6,9,14-15,18,21,25,28H,7-8,10-13,16-17H2,(H,29,31);1H/t25-;/m0./s1. The van der Waals surface area contributed by atoms with Crippen molar-refractivity contribution in [3.8, 4) is 0 Å². The number of rotatable bonds is 8. The minimum atomic E-state index is -0.196. The van der Waals surface area contributed by atoms with Crippen LogP contribution in [0.1, 0.15) is 47.6 Å². The maximum atomic E-state index is 13.0. The van der Waals surface area contributed by atoms with Crippen LogP contribution in [-0.4, -0.2) is 48.1 Å². The first-order valence-corrected chi connectivity index (χ1v) is 12.0. The van der Waals surface area contributed by atoms with Gasteiger partial charge in [0.25, 0.3) is 5.91 Å². The highest BCUT2D eigenvalue weighted by Gasteiger charge is 2.31. The van der Waals surface area contributed by atoms with Gasteiger partial charge in [0.2, 0.25) is 0 Å². The lowest BCUT2D eigenvalue weighted by molar-refractivity contribution is 0.0511. The SMILES string of the molecule is Cl.O=C(N[C@@H](COCC1CCN(C2CC2)CC1)c1ccccc1)c1ccc2c(Cl)c[nH]c2c1. The molecule has 1 aliphatic heterocycles. The van der Waals surface area contributed by atoms with Gasteiger partial charge in [0.1, 0.15) is 0 Å². The van der Waals surface area contributed by atoms with Gasteiger partial charge in [-0.05, 0) is 62.4 Å². The zero-order valence-corrected chi connectivity index (χ0v) is 20.2. The third kappa shape index (κ3) is 5.90. The minimum absolute atomic E-state index is 0. The highest BCUT2D eigenvalue weighted by Crippen LogP contribution is 2.31. The van der Waals surface area contributed by atoms with Crippen LogP contribution in [0, 0.1) is 5.92 Å². The minimum Gasteiger partial charge on any atom is -0.379 e. The molecule has 1 saturated heterocycles. The van der Waals surface area contributed by atoms with Gasteiger partial charge in [-0.2, -0.15) is 0 Å². The summed E-state index contributed by atoms with van der Waals surface area (Å²) in [5, 5.41) is 4.74. The highest BCUT2D eigenvalue weighted by atomic mass is 35.5. The molecule has 2 aromatic carbocycles. The van der Waals surface area contributed by atoms with Crippen molar-refractivity contribution in [1.29, 1.82) is 0 Å². The molecule has 0 spiro atoms. The molecule has 2 heterocycles. The van der Waals surface area contributed by atoms with E-state index in [9.17, 15) is 4.79 Å². The van der Waals surface area contributed by atoms with Crippen LogP contribution in [0.2, 0.25) is 5.02 Å². The van der Waals surface area contributed by atoms with Crippen LogP contribution in [0.25, 0.3) is 10.9 Å². The number of hydrogen-bond donors (Lipinski definition) is 2. The second-order valence-electron chi connectivity index (χ2n) is 9.08. The van der Waals surface area contributed by atoms with Crippen LogP contribution in [0.4, 0.5) is 0 Å². The highest BCUT2D eigenvalue weighted by molar-refractivity contribution is 6.35. The Morgan fingerprint density at radius 1 is 1.12 bits per heavy atom. The second kappa shape index (κ2) is 10.9. The number of carbonyl (C=O) groups is 1. The van der Waals surface area contributed by atoms with Gasteiger partial charge in [0.15, 0.2) is 0 Å². The number of fused-ring (bicyclic) bond motifs is 1. The summed E-state index contributed by atoms with van der Waals surface area (Å²) in [4.78, 5) is 18.8. The average Bonchev–Trinajstić information content (AvgIpc) is 3.62. The maximum Gasteiger partial charge on any atom is 0.251 e. The number of aromatic amines is 1. The normalized spacial score (nSPS) is 18.1. The van der Waals surface area contributed by atoms with Gasteiger partial charge in [0.05, 0.1) is 17.7 Å². The van der Waals surface area contributed by atoms with E-state index >= 15 is 0 Å². The smallest absolute Gasteiger partial charge is 0.251 e. The van der Waals surface area contributed by atoms with Crippen molar-refractivity contribution in [3.05, 3.63) is 70.9 Å². The Bertz CT molecular complexity index is 1060. The summed E-state index contributed by atoms with van der Waals surface area (Å²) in [6.45, 7) is 3.62. The second-order valence-corrected chi connectivity index (χ2v) is 9.49. The first-order chi connectivity index (χ1) is 15.7. The van der Waals surface area contributed by atoms with Gasteiger partial charge in [-0.3, -0.25) is 4.79 Å². The number of hydrogen-bond acceptors (Lipinski definition) is 3. The number of halogens is 2. The molecular formula is C26H31Cl2N3O2. The molecule has 7 heteroatoms. The summed E-state index contributed by atoms with van der Waals surface area (Å²) in [7, 11) is 0. The number of nitrogens with zero attached hydrogens (tertiary/aromatic N) is 1. The molecule has 1 aliphatic carbocycles. The lowest BCUT2D eigenvalue weighted by atomic mass is 9.97. The summed E-state index contributed by atoms with van der Waals surface area (Å²) in [5.74, 6) is 0.491. The van der Waals surface area contributed by atoms with Gasteiger partial charge in [0, 0.05) is 35.3 Å². The summed E-state index contributed by atoms with van der Waals surface area (Å²) in [6.07, 6.45) is 6.91. The number of piperidine rings is 1. The molecule has 0 radical (unpaired) electrons. The number of carbonyl (C=O) groups excluding carboxylic acids is 1. The van der Waals surface area contributed by atoms with Crippen LogP contribution in [0.5, 0.6) is 0 Å². The number of benzene rings is 2. The molecular weight excluding hydrogens is 457 g/mol. The van der Waals surface area contributed by atoms with Crippen molar-refractivity contribution in [2.75, 3.05) is 26.3 Å². The Labute approximate surface area is 206 Å². The summed E-state index contributed by atoms with van der Waals surface area (Å²) >= 11 is 6.17. The predicted octanol–water partition coefficient (Wildman–Crippen LogP) is 5.61. The summed E-state index contributed by atoms with van der Waals surface area (Å²) in [5.41, 5.74) is 2.51. The van der Waals surface area contributed by atoms with E-state index < -0.39 is 0 Å². The topological polar surface area (TPSA) is 57.4 Å². The zero-order chi connectivity index (χ0) is 21.9. The van der Waals surface area contributed by atoms with Crippen LogP contribution in [0.15, 0.2) is 54.7 Å². The Morgan fingerprint density at radius 3 is 2.61 bits per heavy atom. The molecule has 0 unspecified atom stereocenters. The van der Waals surface area contributed by atoms with Crippen LogP contribution in [-0.2, 0) is 4.74 Å². The van der Waals surface area contributed by atoms with E-state index in [1.54, 1.807) is 6.20 Å². The monoisotopic (exact) mass is 487 g/mol. The fourth-order valence-corrected chi connectivity index (χ4v) is 4.88. The molecule has 0 bridgehead atoms. The van der Waals surface area contributed by atoms with Gasteiger partial charge in [-0.25, -0.2) is 0 Å². The molecule has 1 atom stereocenters. The number of aromatic nitrogens is 1. The lowest BCUT2D eigenvalue weighted by Crippen LogP contribution is -2.37. The van der Waals surface area contributed by atoms with E-state index in [4.69, 9.17) is 16.3 Å². The van der Waals surface area contributed by atoms with Gasteiger partial charge >= 0.3 is 0 Å². The van der Waals surface area contributed by atoms with Crippen molar-refractivity contribution in [2.45, 2.75) is 37.8 Å². The van der Waals surface area contributed by atoms with Crippen molar-refractivity contribution in [2.24, 2.45) is 5.92 Å². The van der Waals surface area contributed by atoms with Crippen molar-refractivity contribution < 1.29 is 9.53 Å². The molecule has 33 heavy (non-hydrogen) atoms. The van der Waals surface area contributed by atoms with E-state index in [2.05, 4.69) is 15.2 Å². The Kier molecular flexibility index (Phi) is 7.97. The number of likely N-dealkylation sites (tertiary alicyclic amines) is 1. The molecule has 1 aromatic heterocycles. The molecule has 5 rings (SSSR count). The number of ether oxygens (including phenoxy) is 1. The van der Waals surface area contributed by atoms with E-state index in [-0.39, 0.29) is 24.4 Å². The first kappa shape index (κ1) is 24.1. The van der Waals surface area contributed by atoms with Gasteiger partial charge in [-0.15, -0.1) is 12.4 Å². The van der Waals surface area contributed by atoms with Gasteiger partial charge < -0.3 is 19.9 Å². The number of nitrogens with one attached hydrogen (secondary N) is 2. The molecule has 2 fully saturated rings. The fraction of sp³-hybridized carbons (Fsp3) is 0.423. The quantitative estimate of drug-likeness (QED) is 0.434. The number of H-pyrrole nitrogens is 1. The summed E-state index contributed by atoms with van der Waals surface area (Å²) in [6, 6.07) is 16.2. The van der Waals surface area contributed by atoms with Crippen LogP contribution >= 0.6 is 24.0 Å². The van der Waals surface area contributed by atoms with Crippen molar-refractivity contribution in [1.82, 2.24) is 15.2 Å². The molecule has 176 valence electrons. The van der Waals surface area contributed by atoms with E-state index in [1.165, 1.54) is 38.8 Å². The Morgan fingerprint density at radius 2 is 1.88 bits per heavy atom. The molecule has 1 amide bonds. The third-order valence-corrected chi connectivity index (χ3v) is 7.06. The maximum absolute atomic E-state index is 13.0. The predicted molar refractivity (Wildman–Crippen MR) is 135 cm³/mol. The van der Waals surface area contributed by atoms with Crippen molar-refractivity contribution >= 4 is 40.8 Å². The fourth-order valence-electron chi connectivity index (χ4n) is 4.66. The van der Waals surface area contributed by atoms with E-state index in [0.717, 1.165) is 29.1 Å². The van der Waals surface area contributed by atoms with Crippen LogP contribution < -0.4 is 5.32 Å². The average molecular weight is 488 g/mol. The molecule has 5 nitrogen and oxygen atoms in total. The lowest BCUT2D eigenvalue weighted by Gasteiger charge is -2.32. The molecule has 3 aromatic rings. The Hall–Kier alpha value is -2.05.